The van der Waals surface area contributed by atoms with Gasteiger partial charge in [0.25, 0.3) is 0 Å². The predicted octanol–water partition coefficient (Wildman–Crippen LogP) is 3.08. The predicted molar refractivity (Wildman–Crippen MR) is 169 cm³/mol. The standard InChI is InChI=1S/C32H42N6O6/c1-19(2)31(41)29(33)23-9-7-21(43-5)15-25(23)35-17-27(39)37-11-13-38(14-12-37)28(40)18-36-26-16-22(44-6)8-10-24(26)30(34)32(42)20(3)4/h7-10,15-16,19-20,33-36H,11-14,17-18H2,1-6H3. The lowest BCUT2D eigenvalue weighted by atomic mass is 9.97. The SMILES string of the molecule is COc1ccc(C(=N)C(=O)C(C)C)c(NCC(=O)N2CCN(C(=O)CNc3cc(OC)ccc3C(=N)C(=O)C(C)C)CC2)c1. The van der Waals surface area contributed by atoms with E-state index in [0.29, 0.717) is 60.2 Å². The van der Waals surface area contributed by atoms with E-state index in [1.807, 2.05) is 0 Å². The Balaban J connectivity index is 1.58. The normalized spacial score (nSPS) is 13.0. The summed E-state index contributed by atoms with van der Waals surface area (Å²) in [5.41, 5.74) is 1.42. The third-order valence-corrected chi connectivity index (χ3v) is 7.38. The highest BCUT2D eigenvalue weighted by molar-refractivity contribution is 6.47. The summed E-state index contributed by atoms with van der Waals surface area (Å²) in [6, 6.07) is 9.91. The Labute approximate surface area is 258 Å². The van der Waals surface area contributed by atoms with Crippen molar-refractivity contribution >= 4 is 46.2 Å². The van der Waals surface area contributed by atoms with Crippen LogP contribution in [0.3, 0.4) is 0 Å². The topological polar surface area (TPSA) is 165 Å². The molecule has 0 aromatic heterocycles. The van der Waals surface area contributed by atoms with Crippen molar-refractivity contribution in [2.45, 2.75) is 27.7 Å². The van der Waals surface area contributed by atoms with E-state index in [2.05, 4.69) is 10.6 Å². The number of ether oxygens (including phenoxy) is 2. The van der Waals surface area contributed by atoms with Crippen molar-refractivity contribution < 1.29 is 28.7 Å². The van der Waals surface area contributed by atoms with Gasteiger partial charge in [-0.15, -0.1) is 0 Å². The number of hydrogen-bond donors (Lipinski definition) is 4. The maximum atomic E-state index is 13.0. The van der Waals surface area contributed by atoms with E-state index in [-0.39, 0.29) is 59.7 Å². The highest BCUT2D eigenvalue weighted by Crippen LogP contribution is 2.25. The number of methoxy groups -OCH3 is 2. The molecule has 12 nitrogen and oxygen atoms in total. The van der Waals surface area contributed by atoms with E-state index in [0.717, 1.165) is 0 Å². The maximum absolute atomic E-state index is 13.0. The van der Waals surface area contributed by atoms with Gasteiger partial charge in [0.2, 0.25) is 11.8 Å². The molecule has 0 aliphatic carbocycles. The van der Waals surface area contributed by atoms with Crippen LogP contribution in [0.4, 0.5) is 11.4 Å². The zero-order valence-corrected chi connectivity index (χ0v) is 26.2. The van der Waals surface area contributed by atoms with Gasteiger partial charge in [0.15, 0.2) is 11.6 Å². The van der Waals surface area contributed by atoms with E-state index >= 15 is 0 Å². The van der Waals surface area contributed by atoms with E-state index in [4.69, 9.17) is 20.3 Å². The fourth-order valence-electron chi connectivity index (χ4n) is 4.64. The van der Waals surface area contributed by atoms with E-state index in [1.54, 1.807) is 73.9 Å². The molecule has 12 heteroatoms. The van der Waals surface area contributed by atoms with Crippen molar-refractivity contribution in [1.29, 1.82) is 10.8 Å². The minimum absolute atomic E-state index is 0.0571. The average molecular weight is 607 g/mol. The summed E-state index contributed by atoms with van der Waals surface area (Å²) in [7, 11) is 3.03. The molecule has 0 saturated carbocycles. The monoisotopic (exact) mass is 606 g/mol. The molecular formula is C32H42N6O6. The van der Waals surface area contributed by atoms with Gasteiger partial charge >= 0.3 is 0 Å². The summed E-state index contributed by atoms with van der Waals surface area (Å²) in [5.74, 6) is -0.589. The van der Waals surface area contributed by atoms with Crippen molar-refractivity contribution in [1.82, 2.24) is 9.80 Å². The minimum atomic E-state index is -0.339. The smallest absolute Gasteiger partial charge is 0.241 e. The Morgan fingerprint density at radius 2 is 1.02 bits per heavy atom. The van der Waals surface area contributed by atoms with Gasteiger partial charge in [0.05, 0.1) is 27.3 Å². The molecule has 2 aromatic rings. The Bertz CT molecular complexity index is 1320. The average Bonchev–Trinajstić information content (AvgIpc) is 3.04. The van der Waals surface area contributed by atoms with E-state index in [1.165, 1.54) is 14.2 Å². The van der Waals surface area contributed by atoms with Gasteiger partial charge in [-0.1, -0.05) is 27.7 Å². The first-order chi connectivity index (χ1) is 20.9. The molecule has 0 atom stereocenters. The number of carbonyl (C=O) groups is 4. The molecule has 236 valence electrons. The molecule has 2 aromatic carbocycles. The molecule has 1 saturated heterocycles. The first-order valence-corrected chi connectivity index (χ1v) is 14.5. The van der Waals surface area contributed by atoms with Gasteiger partial charge in [0, 0.05) is 72.6 Å². The summed E-state index contributed by atoms with van der Waals surface area (Å²) in [4.78, 5) is 54.3. The van der Waals surface area contributed by atoms with Gasteiger partial charge in [-0.05, 0) is 24.3 Å². The Kier molecular flexibility index (Phi) is 11.6. The first kappa shape index (κ1) is 33.8. The number of amides is 2. The lowest BCUT2D eigenvalue weighted by molar-refractivity contribution is -0.137. The third kappa shape index (κ3) is 8.21. The number of nitrogens with one attached hydrogen (secondary N) is 4. The molecule has 2 amide bonds. The number of anilines is 2. The summed E-state index contributed by atoms with van der Waals surface area (Å²) in [5, 5.41) is 22.8. The van der Waals surface area contributed by atoms with Crippen LogP contribution in [0.5, 0.6) is 11.5 Å². The van der Waals surface area contributed by atoms with Crippen LogP contribution in [0.1, 0.15) is 38.8 Å². The molecule has 1 aliphatic rings. The second kappa shape index (κ2) is 15.1. The second-order valence-electron chi connectivity index (χ2n) is 11.1. The summed E-state index contributed by atoms with van der Waals surface area (Å²) >= 11 is 0. The summed E-state index contributed by atoms with van der Waals surface area (Å²) < 4.78 is 10.6. The number of hydrogen-bond acceptors (Lipinski definition) is 10. The van der Waals surface area contributed by atoms with Gasteiger partial charge < -0.3 is 29.9 Å². The number of ketones is 2. The highest BCUT2D eigenvalue weighted by atomic mass is 16.5. The zero-order chi connectivity index (χ0) is 32.6. The molecule has 44 heavy (non-hydrogen) atoms. The van der Waals surface area contributed by atoms with Crippen LogP contribution in [-0.4, -0.2) is 98.1 Å². The van der Waals surface area contributed by atoms with Crippen LogP contribution in [0.2, 0.25) is 0 Å². The molecular weight excluding hydrogens is 564 g/mol. The number of Topliss-reactive ketones (excluding diaryl/α,β-unsaturated/α-hetero) is 2. The van der Waals surface area contributed by atoms with Crippen LogP contribution in [0, 0.1) is 22.7 Å². The van der Waals surface area contributed by atoms with Gasteiger partial charge in [-0.2, -0.15) is 0 Å². The number of piperazine rings is 1. The minimum Gasteiger partial charge on any atom is -0.497 e. The second-order valence-corrected chi connectivity index (χ2v) is 11.1. The maximum Gasteiger partial charge on any atom is 0.241 e. The van der Waals surface area contributed by atoms with Crippen LogP contribution < -0.4 is 20.1 Å². The molecule has 0 radical (unpaired) electrons. The molecule has 3 rings (SSSR count). The number of rotatable bonds is 14. The van der Waals surface area contributed by atoms with Gasteiger partial charge in [-0.3, -0.25) is 30.0 Å². The molecule has 1 aliphatic heterocycles. The summed E-state index contributed by atoms with van der Waals surface area (Å²) in [6.07, 6.45) is 0. The molecule has 1 fully saturated rings. The Morgan fingerprint density at radius 3 is 1.32 bits per heavy atom. The fraction of sp³-hybridized carbons (Fsp3) is 0.438. The lowest BCUT2D eigenvalue weighted by Crippen LogP contribution is -2.52. The summed E-state index contributed by atoms with van der Waals surface area (Å²) in [6.45, 7) is 8.19. The quantitative estimate of drug-likeness (QED) is 0.238. The molecule has 1 heterocycles. The molecule has 0 spiro atoms. The molecule has 4 N–H and O–H groups in total. The number of benzene rings is 2. The Hall–Kier alpha value is -4.74. The zero-order valence-electron chi connectivity index (χ0n) is 26.2. The van der Waals surface area contributed by atoms with Crippen LogP contribution in [0.15, 0.2) is 36.4 Å². The van der Waals surface area contributed by atoms with Gasteiger partial charge in [-0.25, -0.2) is 0 Å². The highest BCUT2D eigenvalue weighted by Gasteiger charge is 2.26. The van der Waals surface area contributed by atoms with Crippen molar-refractivity contribution in [3.8, 4) is 11.5 Å². The molecule has 0 unspecified atom stereocenters. The van der Waals surface area contributed by atoms with E-state index in [9.17, 15) is 19.2 Å². The first-order valence-electron chi connectivity index (χ1n) is 14.5. The van der Waals surface area contributed by atoms with Crippen molar-refractivity contribution in [2.75, 3.05) is 64.1 Å². The van der Waals surface area contributed by atoms with Crippen molar-refractivity contribution in [2.24, 2.45) is 11.8 Å². The van der Waals surface area contributed by atoms with Crippen LogP contribution >= 0.6 is 0 Å². The largest absolute Gasteiger partial charge is 0.497 e. The van der Waals surface area contributed by atoms with E-state index < -0.39 is 0 Å². The van der Waals surface area contributed by atoms with Crippen LogP contribution in [0.25, 0.3) is 0 Å². The van der Waals surface area contributed by atoms with Crippen LogP contribution in [-0.2, 0) is 19.2 Å². The van der Waals surface area contributed by atoms with Crippen molar-refractivity contribution in [3.05, 3.63) is 47.5 Å². The molecule has 0 bridgehead atoms. The lowest BCUT2D eigenvalue weighted by Gasteiger charge is -2.35. The third-order valence-electron chi connectivity index (χ3n) is 7.38. The Morgan fingerprint density at radius 1 is 0.682 bits per heavy atom. The van der Waals surface area contributed by atoms with Gasteiger partial charge in [0.1, 0.15) is 22.9 Å². The fourth-order valence-corrected chi connectivity index (χ4v) is 4.64. The van der Waals surface area contributed by atoms with Crippen molar-refractivity contribution in [3.63, 3.8) is 0 Å². The number of nitrogens with zero attached hydrogens (tertiary/aromatic N) is 2. The number of carbonyl (C=O) groups excluding carboxylic acids is 4.